The van der Waals surface area contributed by atoms with Crippen molar-refractivity contribution in [1.29, 1.82) is 0 Å². The van der Waals surface area contributed by atoms with Crippen LogP contribution in [0.25, 0.3) is 32.9 Å². The third kappa shape index (κ3) is 8.46. The standard InChI is InChI=1S/C49H42ClN3O4S/c50-39-27-28-46-44(32-39)43(20-9-12-34-23-25-37(26-24-34)49(54)55)47(53(46)48(35-13-3-1-4-14-35)36-15-5-2-6-16-36)29-31-52-58(56,57)33-38-17-7-8-18-40(38)41-19-10-22-45-42(41)21-11-30-51-45/h1-8,10-11,13-19,21-28,30,32,48,52H,9,12,20,29,31,33H2,(H,54,55). The Bertz CT molecular complexity index is 2780. The molecule has 0 fully saturated rings. The lowest BCUT2D eigenvalue weighted by atomic mass is 9.97. The molecule has 8 aromatic rings. The molecule has 0 aliphatic heterocycles. The van der Waals surface area contributed by atoms with Crippen LogP contribution in [0.15, 0.2) is 164 Å². The summed E-state index contributed by atoms with van der Waals surface area (Å²) >= 11 is 6.71. The molecule has 0 atom stereocenters. The molecule has 0 saturated carbocycles. The number of sulfonamides is 1. The van der Waals surface area contributed by atoms with Gasteiger partial charge < -0.3 is 9.67 Å². The fourth-order valence-electron chi connectivity index (χ4n) is 8.12. The number of hydrogen-bond donors (Lipinski definition) is 2. The zero-order valence-corrected chi connectivity index (χ0v) is 33.3. The highest BCUT2D eigenvalue weighted by Gasteiger charge is 2.26. The Hall–Kier alpha value is -6.06. The maximum Gasteiger partial charge on any atom is 0.335 e. The molecule has 0 bridgehead atoms. The minimum atomic E-state index is -3.78. The lowest BCUT2D eigenvalue weighted by molar-refractivity contribution is 0.0697. The number of aromatic nitrogens is 2. The molecule has 0 spiro atoms. The van der Waals surface area contributed by atoms with Gasteiger partial charge in [0.1, 0.15) is 0 Å². The van der Waals surface area contributed by atoms with Gasteiger partial charge >= 0.3 is 5.97 Å². The van der Waals surface area contributed by atoms with E-state index in [4.69, 9.17) is 11.6 Å². The molecule has 0 amide bonds. The van der Waals surface area contributed by atoms with Crippen molar-refractivity contribution in [3.8, 4) is 11.1 Å². The van der Waals surface area contributed by atoms with Gasteiger partial charge in [0, 0.05) is 46.2 Å². The van der Waals surface area contributed by atoms with Crippen LogP contribution < -0.4 is 4.72 Å². The van der Waals surface area contributed by atoms with Gasteiger partial charge in [-0.15, -0.1) is 0 Å². The van der Waals surface area contributed by atoms with Crippen molar-refractivity contribution in [3.05, 3.63) is 208 Å². The highest BCUT2D eigenvalue weighted by Crippen LogP contribution is 2.38. The van der Waals surface area contributed by atoms with Crippen LogP contribution in [-0.4, -0.2) is 35.6 Å². The summed E-state index contributed by atoms with van der Waals surface area (Å²) in [6.07, 6.45) is 4.43. The van der Waals surface area contributed by atoms with E-state index in [9.17, 15) is 18.3 Å². The van der Waals surface area contributed by atoms with E-state index in [1.165, 1.54) is 0 Å². The minimum Gasteiger partial charge on any atom is -0.478 e. The van der Waals surface area contributed by atoms with E-state index in [2.05, 4.69) is 44.6 Å². The van der Waals surface area contributed by atoms with Crippen molar-refractivity contribution in [2.45, 2.75) is 37.5 Å². The Labute approximate surface area is 343 Å². The number of benzene rings is 6. The molecule has 0 saturated heterocycles. The predicted molar refractivity (Wildman–Crippen MR) is 234 cm³/mol. The summed E-state index contributed by atoms with van der Waals surface area (Å²) in [5.74, 6) is -1.13. The highest BCUT2D eigenvalue weighted by atomic mass is 35.5. The number of nitrogens with zero attached hydrogens (tertiary/aromatic N) is 2. The summed E-state index contributed by atoms with van der Waals surface area (Å²) in [6.45, 7) is 0.187. The largest absolute Gasteiger partial charge is 0.478 e. The number of pyridine rings is 1. The van der Waals surface area contributed by atoms with Gasteiger partial charge in [-0.25, -0.2) is 17.9 Å². The smallest absolute Gasteiger partial charge is 0.335 e. The second-order valence-electron chi connectivity index (χ2n) is 14.5. The first-order valence-electron chi connectivity index (χ1n) is 19.4. The first-order chi connectivity index (χ1) is 28.3. The summed E-state index contributed by atoms with van der Waals surface area (Å²) in [5, 5.41) is 12.0. The van der Waals surface area contributed by atoms with Crippen LogP contribution in [0, 0.1) is 0 Å². The molecular formula is C49H42ClN3O4S. The number of carbonyl (C=O) groups is 1. The normalized spacial score (nSPS) is 11.8. The van der Waals surface area contributed by atoms with Crippen molar-refractivity contribution in [1.82, 2.24) is 14.3 Å². The van der Waals surface area contributed by atoms with Gasteiger partial charge in [0.25, 0.3) is 0 Å². The van der Waals surface area contributed by atoms with Crippen LogP contribution in [0.3, 0.4) is 0 Å². The third-order valence-electron chi connectivity index (χ3n) is 10.7. The van der Waals surface area contributed by atoms with Gasteiger partial charge in [0.2, 0.25) is 10.0 Å². The number of aromatic carboxylic acids is 1. The van der Waals surface area contributed by atoms with E-state index >= 15 is 0 Å². The van der Waals surface area contributed by atoms with E-state index < -0.39 is 16.0 Å². The SMILES string of the molecule is O=C(O)c1ccc(CCCc2c(CCNS(=O)(=O)Cc3ccccc3-c3cccc4ncccc34)n(C(c3ccccc3)c3ccccc3)c3ccc(Cl)cc23)cc1. The molecule has 0 aliphatic carbocycles. The van der Waals surface area contributed by atoms with Gasteiger partial charge in [0.15, 0.2) is 0 Å². The Morgan fingerprint density at radius 2 is 1.40 bits per heavy atom. The van der Waals surface area contributed by atoms with Crippen molar-refractivity contribution in [2.24, 2.45) is 0 Å². The Morgan fingerprint density at radius 3 is 2.12 bits per heavy atom. The maximum absolute atomic E-state index is 14.0. The molecule has 0 radical (unpaired) electrons. The Kier molecular flexibility index (Phi) is 11.5. The van der Waals surface area contributed by atoms with Gasteiger partial charge in [-0.3, -0.25) is 4.98 Å². The molecular weight excluding hydrogens is 762 g/mol. The van der Waals surface area contributed by atoms with Crippen LogP contribution in [0.1, 0.15) is 56.3 Å². The summed E-state index contributed by atoms with van der Waals surface area (Å²) in [7, 11) is -3.78. The molecule has 2 aromatic heterocycles. The zero-order chi connectivity index (χ0) is 40.1. The predicted octanol–water partition coefficient (Wildman–Crippen LogP) is 10.7. The van der Waals surface area contributed by atoms with Crippen molar-refractivity contribution in [3.63, 3.8) is 0 Å². The molecule has 8 rings (SSSR count). The molecule has 0 aliphatic rings. The number of carboxylic acid groups (broad SMARTS) is 1. The number of carboxylic acids is 1. The lowest BCUT2D eigenvalue weighted by Crippen LogP contribution is -2.28. The van der Waals surface area contributed by atoms with Crippen molar-refractivity contribution < 1.29 is 18.3 Å². The lowest BCUT2D eigenvalue weighted by Gasteiger charge is -2.25. The second kappa shape index (κ2) is 17.2. The number of nitrogens with one attached hydrogen (secondary N) is 1. The summed E-state index contributed by atoms with van der Waals surface area (Å²) in [6, 6.07) is 51.1. The van der Waals surface area contributed by atoms with Crippen molar-refractivity contribution in [2.75, 3.05) is 6.54 Å². The molecule has 2 heterocycles. The number of fused-ring (bicyclic) bond motifs is 2. The van der Waals surface area contributed by atoms with E-state index in [0.29, 0.717) is 23.4 Å². The fraction of sp³-hybridized carbons (Fsp3) is 0.143. The Morgan fingerprint density at radius 1 is 0.707 bits per heavy atom. The van der Waals surface area contributed by atoms with Gasteiger partial charge in [-0.2, -0.15) is 0 Å². The van der Waals surface area contributed by atoms with Crippen LogP contribution >= 0.6 is 11.6 Å². The van der Waals surface area contributed by atoms with Gasteiger partial charge in [0.05, 0.1) is 22.9 Å². The van der Waals surface area contributed by atoms with E-state index in [1.54, 1.807) is 18.3 Å². The maximum atomic E-state index is 14.0. The zero-order valence-electron chi connectivity index (χ0n) is 31.8. The summed E-state index contributed by atoms with van der Waals surface area (Å²) in [5.41, 5.74) is 10.0. The fourth-order valence-corrected chi connectivity index (χ4v) is 9.47. The summed E-state index contributed by atoms with van der Waals surface area (Å²) in [4.78, 5) is 16.0. The van der Waals surface area contributed by atoms with E-state index in [1.807, 2.05) is 115 Å². The number of halogens is 1. The van der Waals surface area contributed by atoms with Crippen molar-refractivity contribution >= 4 is 49.4 Å². The molecule has 9 heteroatoms. The molecule has 7 nitrogen and oxygen atoms in total. The van der Waals surface area contributed by atoms with Crippen LogP contribution in [-0.2, 0) is 35.0 Å². The van der Waals surface area contributed by atoms with Gasteiger partial charge in [-0.05, 0) is 101 Å². The molecule has 6 aromatic carbocycles. The average molecular weight is 804 g/mol. The summed E-state index contributed by atoms with van der Waals surface area (Å²) < 4.78 is 33.4. The highest BCUT2D eigenvalue weighted by molar-refractivity contribution is 7.88. The molecule has 290 valence electrons. The minimum absolute atomic E-state index is 0.178. The first kappa shape index (κ1) is 38.8. The number of rotatable bonds is 15. The van der Waals surface area contributed by atoms with E-state index in [0.717, 1.165) is 73.7 Å². The number of hydrogen-bond acceptors (Lipinski definition) is 4. The average Bonchev–Trinajstić information content (AvgIpc) is 3.52. The molecule has 58 heavy (non-hydrogen) atoms. The number of aryl methyl sites for hydroxylation is 2. The monoisotopic (exact) mass is 803 g/mol. The quantitative estimate of drug-likeness (QED) is 0.107. The first-order valence-corrected chi connectivity index (χ1v) is 21.4. The van der Waals surface area contributed by atoms with Crippen LogP contribution in [0.5, 0.6) is 0 Å². The Balaban J connectivity index is 1.15. The molecule has 2 N–H and O–H groups in total. The second-order valence-corrected chi connectivity index (χ2v) is 16.7. The van der Waals surface area contributed by atoms with Gasteiger partial charge in [-0.1, -0.05) is 127 Å². The van der Waals surface area contributed by atoms with Crippen LogP contribution in [0.2, 0.25) is 5.02 Å². The third-order valence-corrected chi connectivity index (χ3v) is 12.3. The van der Waals surface area contributed by atoms with Crippen LogP contribution in [0.4, 0.5) is 0 Å². The van der Waals surface area contributed by atoms with E-state index in [-0.39, 0.29) is 23.9 Å². The molecule has 0 unspecified atom stereocenters. The topological polar surface area (TPSA) is 101 Å².